The zero-order valence-electron chi connectivity index (χ0n) is 11.1. The first kappa shape index (κ1) is 23.1. The van der Waals surface area contributed by atoms with Gasteiger partial charge in [-0.3, -0.25) is 0 Å². The Balaban J connectivity index is -0.000000193. The van der Waals surface area contributed by atoms with Gasteiger partial charge in [-0.15, -0.1) is 0 Å². The molecular weight excluding hydrogens is 256 g/mol. The van der Waals surface area contributed by atoms with E-state index < -0.39 is 6.29 Å². The second-order valence-electron chi connectivity index (χ2n) is 3.53. The van der Waals surface area contributed by atoms with Gasteiger partial charge in [0.05, 0.1) is 12.9 Å². The number of carbonyl (C=O) groups is 1. The van der Waals surface area contributed by atoms with Gasteiger partial charge in [-0.1, -0.05) is 0 Å². The van der Waals surface area contributed by atoms with E-state index in [1.807, 2.05) is 6.08 Å². The van der Waals surface area contributed by atoms with E-state index in [4.69, 9.17) is 19.7 Å². The smallest absolute Gasteiger partial charge is 0.154 e. The number of aliphatic hydroxyl groups is 2. The van der Waals surface area contributed by atoms with Crippen molar-refractivity contribution in [2.75, 3.05) is 19.8 Å². The van der Waals surface area contributed by atoms with Gasteiger partial charge >= 0.3 is 0 Å². The van der Waals surface area contributed by atoms with Crippen LogP contribution >= 0.6 is 0 Å². The van der Waals surface area contributed by atoms with E-state index in [1.165, 1.54) is 0 Å². The molecule has 0 saturated carbocycles. The van der Waals surface area contributed by atoms with Gasteiger partial charge in [-0.2, -0.15) is 0 Å². The van der Waals surface area contributed by atoms with Crippen LogP contribution in [0.15, 0.2) is 12.3 Å². The molecule has 0 spiro atoms. The lowest BCUT2D eigenvalue weighted by molar-refractivity contribution is -0.108. The van der Waals surface area contributed by atoms with Crippen molar-refractivity contribution in [3.63, 3.8) is 0 Å². The molecule has 1 saturated heterocycles. The molecule has 1 unspecified atom stereocenters. The number of unbranched alkanes of at least 4 members (excludes halogenated alkanes) is 1. The van der Waals surface area contributed by atoms with Crippen LogP contribution in [0, 0.1) is 0 Å². The number of ether oxygens (including phenoxy) is 2. The van der Waals surface area contributed by atoms with Crippen LogP contribution in [0.3, 0.4) is 0 Å². The molecule has 0 aromatic carbocycles. The van der Waals surface area contributed by atoms with Crippen molar-refractivity contribution in [1.29, 1.82) is 0 Å². The monoisotopic (exact) mass is 282 g/mol. The Morgan fingerprint density at radius 2 is 2.05 bits per heavy atom. The summed E-state index contributed by atoms with van der Waals surface area (Å²) in [6.07, 6.45) is 8.11. The minimum atomic E-state index is -0.454. The molecule has 116 valence electrons. The number of aldehydes is 1. The molecule has 2 aliphatic heterocycles. The predicted octanol–water partition coefficient (Wildman–Crippen LogP) is -0.656. The second-order valence-corrected chi connectivity index (χ2v) is 3.53. The van der Waals surface area contributed by atoms with Gasteiger partial charge in [0.2, 0.25) is 0 Å². The van der Waals surface area contributed by atoms with Crippen LogP contribution in [0.2, 0.25) is 0 Å². The van der Waals surface area contributed by atoms with Crippen molar-refractivity contribution >= 4 is 6.29 Å². The van der Waals surface area contributed by atoms with Crippen molar-refractivity contribution in [3.8, 4) is 0 Å². The van der Waals surface area contributed by atoms with E-state index in [0.29, 0.717) is 12.8 Å². The van der Waals surface area contributed by atoms with Gasteiger partial charge in [0.1, 0.15) is 6.29 Å². The standard InChI is InChI=1S/2C4H8O2.C4H6O.2H2O/c5-4-2-1-3-6-4;5-3-1-2-4-6;1-2-4-5-3-1;;/h4-5H,1-3H2;3,6H,1-2,4H2;1,3H,2,4H2;2*1H2. The first-order valence-corrected chi connectivity index (χ1v) is 5.92. The SMILES string of the molecule is C1=COCC1.O.O.O=CCCCO.OC1CCCO1. The summed E-state index contributed by atoms with van der Waals surface area (Å²) < 4.78 is 9.47. The Bertz CT molecular complexity index is 185. The molecule has 0 aromatic rings. The molecule has 7 nitrogen and oxygen atoms in total. The van der Waals surface area contributed by atoms with E-state index in [9.17, 15) is 4.79 Å². The first-order valence-electron chi connectivity index (χ1n) is 5.92. The maximum absolute atomic E-state index is 9.45. The largest absolute Gasteiger partial charge is 0.501 e. The van der Waals surface area contributed by atoms with E-state index in [2.05, 4.69) is 0 Å². The van der Waals surface area contributed by atoms with Crippen LogP contribution in [-0.4, -0.2) is 53.6 Å². The predicted molar refractivity (Wildman–Crippen MR) is 70.5 cm³/mol. The van der Waals surface area contributed by atoms with Crippen molar-refractivity contribution in [3.05, 3.63) is 12.3 Å². The molecule has 0 aliphatic carbocycles. The van der Waals surface area contributed by atoms with Gasteiger partial charge in [-0.05, 0) is 18.9 Å². The van der Waals surface area contributed by atoms with Crippen LogP contribution in [0.1, 0.15) is 32.1 Å². The second kappa shape index (κ2) is 19.4. The number of aliphatic hydroxyl groups excluding tert-OH is 2. The summed E-state index contributed by atoms with van der Waals surface area (Å²) in [7, 11) is 0. The summed E-state index contributed by atoms with van der Waals surface area (Å²) in [6, 6.07) is 0. The average molecular weight is 282 g/mol. The number of rotatable bonds is 3. The van der Waals surface area contributed by atoms with Crippen LogP contribution in [0.5, 0.6) is 0 Å². The highest BCUT2D eigenvalue weighted by molar-refractivity contribution is 5.48. The third-order valence-electron chi connectivity index (χ3n) is 1.98. The fraction of sp³-hybridized carbons (Fsp3) is 0.750. The summed E-state index contributed by atoms with van der Waals surface area (Å²) in [6.45, 7) is 1.75. The van der Waals surface area contributed by atoms with Crippen molar-refractivity contribution < 1.29 is 35.4 Å². The third-order valence-corrected chi connectivity index (χ3v) is 1.98. The van der Waals surface area contributed by atoms with Gasteiger partial charge in [0.25, 0.3) is 0 Å². The van der Waals surface area contributed by atoms with Crippen LogP contribution < -0.4 is 0 Å². The molecule has 6 N–H and O–H groups in total. The quantitative estimate of drug-likeness (QED) is 0.522. The lowest BCUT2D eigenvalue weighted by Crippen LogP contribution is -1.99. The molecule has 1 atom stereocenters. The molecule has 7 heteroatoms. The van der Waals surface area contributed by atoms with Crippen LogP contribution in [0.4, 0.5) is 0 Å². The lowest BCUT2D eigenvalue weighted by atomic mass is 10.4. The minimum Gasteiger partial charge on any atom is -0.501 e. The van der Waals surface area contributed by atoms with Gasteiger partial charge < -0.3 is 35.4 Å². The highest BCUT2D eigenvalue weighted by atomic mass is 16.6. The zero-order valence-corrected chi connectivity index (χ0v) is 11.1. The third kappa shape index (κ3) is 19.5. The van der Waals surface area contributed by atoms with Gasteiger partial charge in [0.15, 0.2) is 6.29 Å². The number of hydrogen-bond acceptors (Lipinski definition) is 5. The molecular formula is C12H26O7. The Labute approximate surface area is 113 Å². The fourth-order valence-corrected chi connectivity index (χ4v) is 1.08. The summed E-state index contributed by atoms with van der Waals surface area (Å²) in [5, 5.41) is 16.5. The molecule has 0 amide bonds. The molecule has 0 bridgehead atoms. The molecule has 2 rings (SSSR count). The Hall–Kier alpha value is -0.990. The lowest BCUT2D eigenvalue weighted by Gasteiger charge is -1.93. The molecule has 1 fully saturated rings. The van der Waals surface area contributed by atoms with E-state index in [-0.39, 0.29) is 17.6 Å². The number of hydrogen-bond donors (Lipinski definition) is 2. The van der Waals surface area contributed by atoms with E-state index in [0.717, 1.165) is 38.8 Å². The normalized spacial score (nSPS) is 18.5. The highest BCUT2D eigenvalue weighted by Crippen LogP contribution is 2.07. The Kier molecular flexibility index (Phi) is 23.6. The van der Waals surface area contributed by atoms with Crippen LogP contribution in [0.25, 0.3) is 0 Å². The Morgan fingerprint density at radius 1 is 1.32 bits per heavy atom. The molecule has 2 heterocycles. The molecule has 0 radical (unpaired) electrons. The number of carbonyl (C=O) groups excluding carboxylic acids is 1. The minimum absolute atomic E-state index is 0. The maximum atomic E-state index is 9.45. The van der Waals surface area contributed by atoms with Crippen molar-refractivity contribution in [2.24, 2.45) is 0 Å². The topological polar surface area (TPSA) is 139 Å². The van der Waals surface area contributed by atoms with E-state index >= 15 is 0 Å². The van der Waals surface area contributed by atoms with E-state index in [1.54, 1.807) is 6.26 Å². The highest BCUT2D eigenvalue weighted by Gasteiger charge is 2.09. The summed E-state index contributed by atoms with van der Waals surface area (Å²) in [4.78, 5) is 9.45. The van der Waals surface area contributed by atoms with Crippen molar-refractivity contribution in [1.82, 2.24) is 0 Å². The molecule has 19 heavy (non-hydrogen) atoms. The summed E-state index contributed by atoms with van der Waals surface area (Å²) in [5.74, 6) is 0. The maximum Gasteiger partial charge on any atom is 0.154 e. The van der Waals surface area contributed by atoms with Crippen LogP contribution in [-0.2, 0) is 14.3 Å². The Morgan fingerprint density at radius 3 is 2.21 bits per heavy atom. The molecule has 2 aliphatic rings. The zero-order chi connectivity index (χ0) is 12.8. The molecule has 0 aromatic heterocycles. The summed E-state index contributed by atoms with van der Waals surface area (Å²) in [5.41, 5.74) is 0. The van der Waals surface area contributed by atoms with Gasteiger partial charge in [-0.25, -0.2) is 0 Å². The summed E-state index contributed by atoms with van der Waals surface area (Å²) >= 11 is 0. The fourth-order valence-electron chi connectivity index (χ4n) is 1.08. The first-order chi connectivity index (χ1) is 8.31. The van der Waals surface area contributed by atoms with Crippen molar-refractivity contribution in [2.45, 2.75) is 38.4 Å². The average Bonchev–Trinajstić information content (AvgIpc) is 3.02. The van der Waals surface area contributed by atoms with Gasteiger partial charge in [0, 0.05) is 32.5 Å².